The van der Waals surface area contributed by atoms with Gasteiger partial charge in [0.1, 0.15) is 0 Å². The van der Waals surface area contributed by atoms with Crippen LogP contribution < -0.4 is 11.1 Å². The number of rotatable bonds is 2. The summed E-state index contributed by atoms with van der Waals surface area (Å²) in [6.07, 6.45) is 1.78. The summed E-state index contributed by atoms with van der Waals surface area (Å²) in [7, 11) is 0. The molecule has 0 spiro atoms. The van der Waals surface area contributed by atoms with Crippen molar-refractivity contribution in [2.75, 3.05) is 0 Å². The number of hydrogen-bond acceptors (Lipinski definition) is 6. The Balaban J connectivity index is 1.97. The van der Waals surface area contributed by atoms with E-state index in [0.29, 0.717) is 24.1 Å². The molecule has 1 aliphatic heterocycles. The molecule has 0 amide bonds. The highest BCUT2D eigenvalue weighted by Crippen LogP contribution is 2.48. The number of Topliss-reactive ketones (excluding diaryl/α,β-unsaturated/α-hetero) is 3. The number of ketones is 3. The Bertz CT molecular complexity index is 1040. The van der Waals surface area contributed by atoms with Gasteiger partial charge in [0.2, 0.25) is 5.78 Å². The summed E-state index contributed by atoms with van der Waals surface area (Å²) in [5.74, 6) is -1.65. The quantitative estimate of drug-likeness (QED) is 0.542. The molecule has 4 rings (SSSR count). The summed E-state index contributed by atoms with van der Waals surface area (Å²) in [4.78, 5) is 39.2. The van der Waals surface area contributed by atoms with Crippen LogP contribution in [0.15, 0.2) is 64.1 Å². The Hall–Kier alpha value is -3.28. The van der Waals surface area contributed by atoms with Crippen LogP contribution in [0.2, 0.25) is 0 Å². The molecule has 1 unspecified atom stereocenters. The second kappa shape index (κ2) is 6.12. The highest BCUT2D eigenvalue weighted by atomic mass is 16.1. The average Bonchev–Trinajstić information content (AvgIpc) is 2.65. The monoisotopic (exact) mass is 375 g/mol. The largest absolute Gasteiger partial charge is 0.395 e. The minimum atomic E-state index is -0.643. The number of nitrogens with one attached hydrogen (secondary N) is 2. The van der Waals surface area contributed by atoms with Gasteiger partial charge in [-0.25, -0.2) is 0 Å². The number of carbonyl (C=O) groups is 3. The van der Waals surface area contributed by atoms with Crippen molar-refractivity contribution in [3.63, 3.8) is 0 Å². The maximum Gasteiger partial charge on any atom is 0.226 e. The molecule has 3 aliphatic rings. The third kappa shape index (κ3) is 2.56. The van der Waals surface area contributed by atoms with Crippen molar-refractivity contribution < 1.29 is 14.4 Å². The normalized spacial score (nSPS) is 24.1. The SMILES string of the molecule is CC1(C)CC(=O)C2=C(C1)NC1=C(C(=O)C(C=N)=C(N)C1=O)C2c1ccccc1. The van der Waals surface area contributed by atoms with Crippen molar-refractivity contribution in [3.8, 4) is 0 Å². The summed E-state index contributed by atoms with van der Waals surface area (Å²) < 4.78 is 0. The number of dihydropyridines is 1. The van der Waals surface area contributed by atoms with Crippen molar-refractivity contribution >= 4 is 23.6 Å². The molecule has 1 aromatic carbocycles. The van der Waals surface area contributed by atoms with E-state index in [0.717, 1.165) is 11.8 Å². The molecule has 1 heterocycles. The maximum atomic E-state index is 13.2. The van der Waals surface area contributed by atoms with E-state index in [1.54, 1.807) is 0 Å². The van der Waals surface area contributed by atoms with E-state index in [9.17, 15) is 14.4 Å². The molecule has 142 valence electrons. The lowest BCUT2D eigenvalue weighted by atomic mass is 9.66. The molecular weight excluding hydrogens is 354 g/mol. The van der Waals surface area contributed by atoms with Gasteiger partial charge in [-0.2, -0.15) is 0 Å². The number of allylic oxidation sites excluding steroid dienone is 4. The lowest BCUT2D eigenvalue weighted by Gasteiger charge is -2.40. The fourth-order valence-electron chi connectivity index (χ4n) is 4.36. The van der Waals surface area contributed by atoms with Gasteiger partial charge in [-0.3, -0.25) is 14.4 Å². The van der Waals surface area contributed by atoms with Crippen molar-refractivity contribution in [2.45, 2.75) is 32.6 Å². The smallest absolute Gasteiger partial charge is 0.226 e. The summed E-state index contributed by atoms with van der Waals surface area (Å²) in [5, 5.41) is 10.6. The number of nitrogens with two attached hydrogens (primary N) is 1. The van der Waals surface area contributed by atoms with E-state index < -0.39 is 17.5 Å². The van der Waals surface area contributed by atoms with E-state index in [1.807, 2.05) is 44.2 Å². The van der Waals surface area contributed by atoms with Crippen LogP contribution in [-0.4, -0.2) is 23.6 Å². The predicted octanol–water partition coefficient (Wildman–Crippen LogP) is 2.28. The second-order valence-electron chi connectivity index (χ2n) is 8.22. The number of hydrogen-bond donors (Lipinski definition) is 3. The highest BCUT2D eigenvalue weighted by molar-refractivity contribution is 6.33. The molecule has 6 nitrogen and oxygen atoms in total. The molecule has 4 N–H and O–H groups in total. The van der Waals surface area contributed by atoms with E-state index >= 15 is 0 Å². The maximum absolute atomic E-state index is 13.2. The molecule has 0 aromatic heterocycles. The van der Waals surface area contributed by atoms with E-state index in [1.165, 1.54) is 0 Å². The molecule has 0 saturated carbocycles. The first-order chi connectivity index (χ1) is 13.2. The van der Waals surface area contributed by atoms with Crippen LogP contribution in [-0.2, 0) is 14.4 Å². The number of carbonyl (C=O) groups excluding carboxylic acids is 3. The molecule has 0 bridgehead atoms. The van der Waals surface area contributed by atoms with Crippen LogP contribution in [0.4, 0.5) is 0 Å². The first kappa shape index (κ1) is 18.1. The highest BCUT2D eigenvalue weighted by Gasteiger charge is 2.47. The Morgan fingerprint density at radius 2 is 1.75 bits per heavy atom. The van der Waals surface area contributed by atoms with Crippen molar-refractivity contribution in [3.05, 3.63) is 69.7 Å². The molecule has 0 saturated heterocycles. The van der Waals surface area contributed by atoms with Gasteiger partial charge in [0.25, 0.3) is 0 Å². The lowest BCUT2D eigenvalue weighted by molar-refractivity contribution is -0.119. The first-order valence-electron chi connectivity index (χ1n) is 9.17. The fourth-order valence-corrected chi connectivity index (χ4v) is 4.36. The van der Waals surface area contributed by atoms with Crippen LogP contribution >= 0.6 is 0 Å². The Labute approximate surface area is 162 Å². The van der Waals surface area contributed by atoms with E-state index in [4.69, 9.17) is 11.1 Å². The molecule has 1 aromatic rings. The minimum absolute atomic E-state index is 0.0293. The van der Waals surface area contributed by atoms with E-state index in [-0.39, 0.29) is 33.7 Å². The van der Waals surface area contributed by atoms with Gasteiger partial charge in [0.15, 0.2) is 11.6 Å². The van der Waals surface area contributed by atoms with Crippen LogP contribution in [0.25, 0.3) is 0 Å². The van der Waals surface area contributed by atoms with Crippen LogP contribution in [0.3, 0.4) is 0 Å². The molecule has 1 atom stereocenters. The molecular formula is C22H21N3O3. The van der Waals surface area contributed by atoms with Crippen molar-refractivity contribution in [1.29, 1.82) is 5.41 Å². The summed E-state index contributed by atoms with van der Waals surface area (Å²) in [6, 6.07) is 9.23. The zero-order valence-corrected chi connectivity index (χ0v) is 15.8. The average molecular weight is 375 g/mol. The van der Waals surface area contributed by atoms with Gasteiger partial charge in [-0.15, -0.1) is 0 Å². The summed E-state index contributed by atoms with van der Waals surface area (Å²) in [6.45, 7) is 4.01. The minimum Gasteiger partial charge on any atom is -0.395 e. The molecule has 6 heteroatoms. The molecule has 28 heavy (non-hydrogen) atoms. The van der Waals surface area contributed by atoms with Crippen molar-refractivity contribution in [1.82, 2.24) is 5.32 Å². The molecule has 0 fully saturated rings. The number of benzene rings is 1. The third-order valence-corrected chi connectivity index (χ3v) is 5.57. The lowest BCUT2D eigenvalue weighted by Crippen LogP contribution is -2.44. The van der Waals surface area contributed by atoms with Crippen molar-refractivity contribution in [2.24, 2.45) is 11.1 Å². The summed E-state index contributed by atoms with van der Waals surface area (Å²) >= 11 is 0. The molecule has 2 aliphatic carbocycles. The summed E-state index contributed by atoms with van der Waals surface area (Å²) in [5.41, 5.74) is 7.58. The van der Waals surface area contributed by atoms with Gasteiger partial charge in [-0.05, 0) is 17.4 Å². The van der Waals surface area contributed by atoms with Gasteiger partial charge < -0.3 is 16.5 Å². The van der Waals surface area contributed by atoms with Gasteiger partial charge >= 0.3 is 0 Å². The zero-order chi connectivity index (χ0) is 20.2. The topological polar surface area (TPSA) is 113 Å². The van der Waals surface area contributed by atoms with Crippen LogP contribution in [0.1, 0.15) is 38.2 Å². The first-order valence-corrected chi connectivity index (χ1v) is 9.17. The Kier molecular flexibility index (Phi) is 3.96. The van der Waals surface area contributed by atoms with Gasteiger partial charge in [0, 0.05) is 35.4 Å². The molecule has 0 radical (unpaired) electrons. The van der Waals surface area contributed by atoms with E-state index in [2.05, 4.69) is 5.32 Å². The van der Waals surface area contributed by atoms with Crippen LogP contribution in [0.5, 0.6) is 0 Å². The Morgan fingerprint density at radius 1 is 1.07 bits per heavy atom. The second-order valence-corrected chi connectivity index (χ2v) is 8.22. The third-order valence-electron chi connectivity index (χ3n) is 5.57. The zero-order valence-electron chi connectivity index (χ0n) is 15.8. The fraction of sp³-hybridized carbons (Fsp3) is 0.273. The van der Waals surface area contributed by atoms with Gasteiger partial charge in [-0.1, -0.05) is 44.2 Å². The standard InChI is InChI=1S/C22H21N3O3/c1-22(2)8-13-16(14(26)9-22)15(11-6-4-3-5-7-11)17-19(25-13)21(28)18(24)12(10-23)20(17)27/h3-7,10,15,23,25H,8-9,24H2,1-2H3. The van der Waals surface area contributed by atoms with Gasteiger partial charge in [0.05, 0.1) is 17.0 Å². The predicted molar refractivity (Wildman–Crippen MR) is 104 cm³/mol. The van der Waals surface area contributed by atoms with Crippen LogP contribution in [0, 0.1) is 10.8 Å². The Morgan fingerprint density at radius 3 is 2.39 bits per heavy atom.